The summed E-state index contributed by atoms with van der Waals surface area (Å²) in [5.74, 6) is 0. The Labute approximate surface area is 92.3 Å². The highest BCUT2D eigenvalue weighted by Gasteiger charge is 2.02. The molecule has 0 unspecified atom stereocenters. The second-order valence-corrected chi connectivity index (χ2v) is 3.59. The van der Waals surface area contributed by atoms with Crippen LogP contribution in [-0.4, -0.2) is 14.6 Å². The molecule has 0 amide bonds. The number of hydrogen-bond acceptors (Lipinski definition) is 2. The molecule has 2 aromatic rings. The zero-order valence-corrected chi connectivity index (χ0v) is 10.5. The van der Waals surface area contributed by atoms with Gasteiger partial charge in [0, 0.05) is 17.5 Å². The molecule has 2 rings (SSSR count). The Morgan fingerprint density at radius 1 is 1.21 bits per heavy atom. The molecule has 0 aliphatic carbocycles. The Balaban J connectivity index is 0.000000461. The van der Waals surface area contributed by atoms with Crippen LogP contribution in [0.1, 0.15) is 25.2 Å². The van der Waals surface area contributed by atoms with E-state index in [1.165, 1.54) is 0 Å². The van der Waals surface area contributed by atoms with Gasteiger partial charge in [-0.15, -0.1) is 0 Å². The molecular formula is C10H14BrN3. The molecule has 4 heteroatoms. The first-order chi connectivity index (χ1) is 6.66. The number of aryl methyl sites for hydroxylation is 2. The molecule has 0 spiro atoms. The molecule has 0 saturated heterocycles. The van der Waals surface area contributed by atoms with Gasteiger partial charge in [-0.05, 0) is 35.8 Å². The maximum absolute atomic E-state index is 4.33. The second-order valence-electron chi connectivity index (χ2n) is 2.78. The van der Waals surface area contributed by atoms with Crippen molar-refractivity contribution in [1.82, 2.24) is 14.6 Å². The smallest absolute Gasteiger partial charge is 0.156 e. The van der Waals surface area contributed by atoms with E-state index < -0.39 is 0 Å². The van der Waals surface area contributed by atoms with Crippen LogP contribution >= 0.6 is 15.9 Å². The highest BCUT2D eigenvalue weighted by atomic mass is 79.9. The van der Waals surface area contributed by atoms with Crippen molar-refractivity contribution in [2.24, 2.45) is 0 Å². The minimum atomic E-state index is 0.823. The van der Waals surface area contributed by atoms with Crippen LogP contribution in [0.25, 0.3) is 5.65 Å². The van der Waals surface area contributed by atoms with Gasteiger partial charge in [0.05, 0.1) is 0 Å². The number of halogens is 1. The van der Waals surface area contributed by atoms with Crippen molar-refractivity contribution >= 4 is 21.6 Å². The summed E-state index contributed by atoms with van der Waals surface area (Å²) >= 11 is 3.31. The van der Waals surface area contributed by atoms with Crippen molar-refractivity contribution < 1.29 is 0 Å². The van der Waals surface area contributed by atoms with Crippen molar-refractivity contribution in [3.8, 4) is 0 Å². The van der Waals surface area contributed by atoms with Crippen LogP contribution in [0.5, 0.6) is 0 Å². The quantitative estimate of drug-likeness (QED) is 0.724. The van der Waals surface area contributed by atoms with Crippen LogP contribution < -0.4 is 0 Å². The molecule has 2 heterocycles. The first-order valence-electron chi connectivity index (χ1n) is 4.66. The van der Waals surface area contributed by atoms with Crippen molar-refractivity contribution in [1.29, 1.82) is 0 Å². The van der Waals surface area contributed by atoms with E-state index in [2.05, 4.69) is 26.0 Å². The van der Waals surface area contributed by atoms with Gasteiger partial charge in [0.25, 0.3) is 0 Å². The molecule has 2 aromatic heterocycles. The van der Waals surface area contributed by atoms with Gasteiger partial charge in [0.15, 0.2) is 5.65 Å². The van der Waals surface area contributed by atoms with Gasteiger partial charge in [-0.1, -0.05) is 13.8 Å². The molecule has 0 radical (unpaired) electrons. The summed E-state index contributed by atoms with van der Waals surface area (Å²) in [5, 5.41) is 4.22. The Bertz CT molecular complexity index is 434. The fourth-order valence-electron chi connectivity index (χ4n) is 1.26. The van der Waals surface area contributed by atoms with E-state index in [1.54, 1.807) is 0 Å². The predicted octanol–water partition coefficient (Wildman–Crippen LogP) is 3.13. The standard InChI is InChI=1S/C8H8BrN3.C2H6/c1-5-3-6(2)12-8(10-5)4-7(9)11-12;1-2/h3-4H,1-2H3;1-2H3. The van der Waals surface area contributed by atoms with Crippen LogP contribution in [0.15, 0.2) is 16.7 Å². The van der Waals surface area contributed by atoms with E-state index in [0.29, 0.717) is 0 Å². The molecule has 0 N–H and O–H groups in total. The SMILES string of the molecule is CC.Cc1cc(C)n2nc(Br)cc2n1. The Hall–Kier alpha value is -0.900. The molecule has 14 heavy (non-hydrogen) atoms. The predicted molar refractivity (Wildman–Crippen MR) is 61.5 cm³/mol. The van der Waals surface area contributed by atoms with E-state index in [9.17, 15) is 0 Å². The molecule has 76 valence electrons. The largest absolute Gasteiger partial charge is 0.234 e. The molecule has 0 bridgehead atoms. The van der Waals surface area contributed by atoms with Crippen LogP contribution in [0, 0.1) is 13.8 Å². The summed E-state index contributed by atoms with van der Waals surface area (Å²) in [5.41, 5.74) is 3.01. The molecule has 0 atom stereocenters. The first kappa shape index (κ1) is 11.2. The normalized spacial score (nSPS) is 9.79. The van der Waals surface area contributed by atoms with Crippen LogP contribution in [0.2, 0.25) is 0 Å². The van der Waals surface area contributed by atoms with Crippen molar-refractivity contribution in [2.45, 2.75) is 27.7 Å². The minimum Gasteiger partial charge on any atom is -0.234 e. The van der Waals surface area contributed by atoms with Gasteiger partial charge in [-0.25, -0.2) is 9.50 Å². The van der Waals surface area contributed by atoms with Gasteiger partial charge in [0.2, 0.25) is 0 Å². The summed E-state index contributed by atoms with van der Waals surface area (Å²) in [4.78, 5) is 4.33. The monoisotopic (exact) mass is 255 g/mol. The lowest BCUT2D eigenvalue weighted by Gasteiger charge is -1.98. The van der Waals surface area contributed by atoms with Crippen molar-refractivity contribution in [2.75, 3.05) is 0 Å². The number of nitrogens with zero attached hydrogens (tertiary/aromatic N) is 3. The fraction of sp³-hybridized carbons (Fsp3) is 0.400. The van der Waals surface area contributed by atoms with Gasteiger partial charge in [-0.3, -0.25) is 0 Å². The molecule has 0 fully saturated rings. The maximum Gasteiger partial charge on any atom is 0.156 e. The van der Waals surface area contributed by atoms with Gasteiger partial charge in [-0.2, -0.15) is 5.10 Å². The summed E-state index contributed by atoms with van der Waals surface area (Å²) in [6.45, 7) is 8.00. The van der Waals surface area contributed by atoms with E-state index in [0.717, 1.165) is 21.6 Å². The lowest BCUT2D eigenvalue weighted by Crippen LogP contribution is -1.96. The summed E-state index contributed by atoms with van der Waals surface area (Å²) in [6.07, 6.45) is 0. The third-order valence-corrected chi connectivity index (χ3v) is 2.09. The lowest BCUT2D eigenvalue weighted by atomic mass is 10.3. The van der Waals surface area contributed by atoms with E-state index in [1.807, 2.05) is 44.3 Å². The third kappa shape index (κ3) is 2.12. The Morgan fingerprint density at radius 2 is 1.86 bits per heavy atom. The summed E-state index contributed by atoms with van der Waals surface area (Å²) in [7, 11) is 0. The number of rotatable bonds is 0. The van der Waals surface area contributed by atoms with Gasteiger partial charge in [0.1, 0.15) is 4.60 Å². The number of fused-ring (bicyclic) bond motifs is 1. The first-order valence-corrected chi connectivity index (χ1v) is 5.45. The topological polar surface area (TPSA) is 30.2 Å². The van der Waals surface area contributed by atoms with Crippen molar-refractivity contribution in [3.05, 3.63) is 28.1 Å². The molecule has 3 nitrogen and oxygen atoms in total. The average molecular weight is 256 g/mol. The Morgan fingerprint density at radius 3 is 2.50 bits per heavy atom. The van der Waals surface area contributed by atoms with Gasteiger partial charge < -0.3 is 0 Å². The minimum absolute atomic E-state index is 0.823. The van der Waals surface area contributed by atoms with Crippen LogP contribution in [0.3, 0.4) is 0 Å². The van der Waals surface area contributed by atoms with Crippen molar-refractivity contribution in [3.63, 3.8) is 0 Å². The summed E-state index contributed by atoms with van der Waals surface area (Å²) in [6, 6.07) is 3.91. The highest BCUT2D eigenvalue weighted by molar-refractivity contribution is 9.10. The number of aromatic nitrogens is 3. The van der Waals surface area contributed by atoms with Crippen LogP contribution in [-0.2, 0) is 0 Å². The fourth-order valence-corrected chi connectivity index (χ4v) is 1.62. The second kappa shape index (κ2) is 4.55. The maximum atomic E-state index is 4.33. The molecule has 0 aliphatic heterocycles. The zero-order chi connectivity index (χ0) is 10.7. The number of hydrogen-bond donors (Lipinski definition) is 0. The van der Waals surface area contributed by atoms with E-state index in [-0.39, 0.29) is 0 Å². The van der Waals surface area contributed by atoms with E-state index in [4.69, 9.17) is 0 Å². The third-order valence-electron chi connectivity index (χ3n) is 1.70. The zero-order valence-electron chi connectivity index (χ0n) is 8.87. The molecular weight excluding hydrogens is 242 g/mol. The van der Waals surface area contributed by atoms with Gasteiger partial charge >= 0.3 is 0 Å². The molecule has 0 aliphatic rings. The Kier molecular flexibility index (Phi) is 3.63. The van der Waals surface area contributed by atoms with Crippen LogP contribution in [0.4, 0.5) is 0 Å². The van der Waals surface area contributed by atoms with E-state index >= 15 is 0 Å². The molecule has 0 aromatic carbocycles. The average Bonchev–Trinajstić information content (AvgIpc) is 2.49. The summed E-state index contributed by atoms with van der Waals surface area (Å²) < 4.78 is 2.64. The lowest BCUT2D eigenvalue weighted by molar-refractivity contribution is 0.877. The highest BCUT2D eigenvalue weighted by Crippen LogP contribution is 2.12. The molecule has 0 saturated carbocycles.